The first kappa shape index (κ1) is 7.46. The van der Waals surface area contributed by atoms with E-state index in [1.807, 2.05) is 13.8 Å². The zero-order chi connectivity index (χ0) is 6.57. The Morgan fingerprint density at radius 3 is 2.25 bits per heavy atom. The van der Waals surface area contributed by atoms with Crippen molar-refractivity contribution >= 4 is 0 Å². The monoisotopic (exact) mass is 116 g/mol. The van der Waals surface area contributed by atoms with Crippen LogP contribution in [0.4, 0.5) is 0 Å². The minimum atomic E-state index is 0.355. The van der Waals surface area contributed by atoms with E-state index < -0.39 is 0 Å². The minimum Gasteiger partial charge on any atom is -0.330 e. The predicted molar refractivity (Wildman–Crippen MR) is 33.2 cm³/mol. The van der Waals surface area contributed by atoms with Gasteiger partial charge in [-0.1, -0.05) is 0 Å². The predicted octanol–water partition coefficient (Wildman–Crippen LogP) is -0.716. The molecule has 0 aromatic heterocycles. The van der Waals surface area contributed by atoms with E-state index in [0.29, 0.717) is 6.04 Å². The molecule has 3 nitrogen and oxygen atoms in total. The lowest BCUT2D eigenvalue weighted by Crippen LogP contribution is -2.42. The zero-order valence-electron chi connectivity index (χ0n) is 5.46. The molecule has 0 aliphatic heterocycles. The van der Waals surface area contributed by atoms with E-state index in [-0.39, 0.29) is 0 Å². The lowest BCUT2D eigenvalue weighted by atomic mass is 10.4. The summed E-state index contributed by atoms with van der Waals surface area (Å²) in [5.41, 5.74) is 3.51. The molecule has 0 aliphatic carbocycles. The molecule has 0 fully saturated rings. The summed E-state index contributed by atoms with van der Waals surface area (Å²) in [5, 5.41) is 1.60. The molecule has 3 heteroatoms. The normalized spacial score (nSPS) is 11.1. The highest BCUT2D eigenvalue weighted by atomic mass is 15.4. The number of nitrogens with two attached hydrogens (primary N) is 1. The van der Waals surface area contributed by atoms with Gasteiger partial charge in [-0.15, -0.1) is 0 Å². The number of hydrogen-bond acceptors (Lipinski definition) is 2. The molecule has 0 aliphatic rings. The summed E-state index contributed by atoms with van der Waals surface area (Å²) in [5.74, 6) is 5.43. The fourth-order valence-electron chi connectivity index (χ4n) is 0.294. The van der Waals surface area contributed by atoms with E-state index in [9.17, 15) is 0 Å². The summed E-state index contributed by atoms with van der Waals surface area (Å²) in [4.78, 5) is 0. The Morgan fingerprint density at radius 2 is 2.12 bits per heavy atom. The van der Waals surface area contributed by atoms with Gasteiger partial charge < -0.3 is 10.7 Å². The number of hydrogen-bond donors (Lipinski definition) is 2. The highest BCUT2D eigenvalue weighted by Crippen LogP contribution is 1.87. The van der Waals surface area contributed by atoms with E-state index >= 15 is 0 Å². The van der Waals surface area contributed by atoms with Gasteiger partial charge in [0, 0.05) is 6.04 Å². The van der Waals surface area contributed by atoms with Gasteiger partial charge in [-0.2, -0.15) is 0 Å². The SMILES string of the molecule is CC(C)N(N)C=C[NH3+]. The average Bonchev–Trinajstić information content (AvgIpc) is 1.67. The summed E-state index contributed by atoms with van der Waals surface area (Å²) in [6, 6.07) is 0.355. The van der Waals surface area contributed by atoms with Crippen molar-refractivity contribution in [1.29, 1.82) is 0 Å². The van der Waals surface area contributed by atoms with Gasteiger partial charge in [-0.25, -0.2) is 5.84 Å². The van der Waals surface area contributed by atoms with Crippen molar-refractivity contribution in [2.24, 2.45) is 5.84 Å². The molecule has 0 amide bonds. The molecule has 0 spiro atoms. The maximum Gasteiger partial charge on any atom is 0.108 e. The summed E-state index contributed by atoms with van der Waals surface area (Å²) >= 11 is 0. The zero-order valence-corrected chi connectivity index (χ0v) is 5.46. The fraction of sp³-hybridized carbons (Fsp3) is 0.600. The van der Waals surface area contributed by atoms with Crippen molar-refractivity contribution in [3.8, 4) is 0 Å². The molecule has 5 N–H and O–H groups in total. The van der Waals surface area contributed by atoms with E-state index in [1.165, 1.54) is 0 Å². The van der Waals surface area contributed by atoms with Gasteiger partial charge in [0.1, 0.15) is 6.20 Å². The molecule has 0 radical (unpaired) electrons. The van der Waals surface area contributed by atoms with Crippen molar-refractivity contribution in [3.05, 3.63) is 12.4 Å². The molecule has 0 aromatic carbocycles. The third kappa shape index (κ3) is 2.60. The lowest BCUT2D eigenvalue weighted by Gasteiger charge is -2.15. The summed E-state index contributed by atoms with van der Waals surface area (Å²) in [6.07, 6.45) is 3.41. The van der Waals surface area contributed by atoms with Gasteiger partial charge in [-0.05, 0) is 13.8 Å². The van der Waals surface area contributed by atoms with Crippen molar-refractivity contribution in [3.63, 3.8) is 0 Å². The second-order valence-corrected chi connectivity index (χ2v) is 1.93. The van der Waals surface area contributed by atoms with Gasteiger partial charge in [0.05, 0.1) is 6.20 Å². The first-order valence-electron chi connectivity index (χ1n) is 2.67. The van der Waals surface area contributed by atoms with Gasteiger partial charge in [0.15, 0.2) is 0 Å². The molecule has 0 saturated heterocycles. The Labute approximate surface area is 49.9 Å². The van der Waals surface area contributed by atoms with Crippen molar-refractivity contribution in [1.82, 2.24) is 5.01 Å². The molecule has 0 heterocycles. The van der Waals surface area contributed by atoms with Crippen LogP contribution < -0.4 is 11.6 Å². The summed E-state index contributed by atoms with van der Waals surface area (Å²) < 4.78 is 0. The Morgan fingerprint density at radius 1 is 1.62 bits per heavy atom. The van der Waals surface area contributed by atoms with Crippen LogP contribution in [-0.4, -0.2) is 11.1 Å². The van der Waals surface area contributed by atoms with E-state index in [4.69, 9.17) is 5.84 Å². The Kier molecular flexibility index (Phi) is 3.23. The molecule has 0 aromatic rings. The van der Waals surface area contributed by atoms with Crippen LogP contribution in [0.25, 0.3) is 0 Å². The molecule has 0 rings (SSSR count). The lowest BCUT2D eigenvalue weighted by molar-refractivity contribution is -0.276. The molecule has 0 saturated carbocycles. The van der Waals surface area contributed by atoms with E-state index in [2.05, 4.69) is 5.73 Å². The summed E-state index contributed by atoms with van der Waals surface area (Å²) in [6.45, 7) is 4.03. The van der Waals surface area contributed by atoms with Gasteiger partial charge in [0.25, 0.3) is 0 Å². The molecule has 0 atom stereocenters. The second kappa shape index (κ2) is 3.46. The number of hydrazine groups is 1. The topological polar surface area (TPSA) is 56.9 Å². The number of rotatable bonds is 2. The largest absolute Gasteiger partial charge is 0.330 e. The Hall–Kier alpha value is -0.540. The standard InChI is InChI=1S/C5H13N3/c1-5(2)8(7)4-3-6/h3-5H,6-7H2,1-2H3/p+1. The van der Waals surface area contributed by atoms with Gasteiger partial charge >= 0.3 is 0 Å². The second-order valence-electron chi connectivity index (χ2n) is 1.93. The maximum atomic E-state index is 5.43. The van der Waals surface area contributed by atoms with Crippen LogP contribution in [0.1, 0.15) is 13.8 Å². The van der Waals surface area contributed by atoms with Crippen LogP contribution in [0.5, 0.6) is 0 Å². The number of quaternary nitrogens is 1. The Bertz CT molecular complexity index is 77.7. The minimum absolute atomic E-state index is 0.355. The van der Waals surface area contributed by atoms with E-state index in [0.717, 1.165) is 0 Å². The molecule has 0 unspecified atom stereocenters. The van der Waals surface area contributed by atoms with Crippen molar-refractivity contribution in [2.75, 3.05) is 0 Å². The first-order chi connectivity index (χ1) is 3.68. The quantitative estimate of drug-likeness (QED) is 0.369. The van der Waals surface area contributed by atoms with Crippen LogP contribution >= 0.6 is 0 Å². The maximum absolute atomic E-state index is 5.43. The molecule has 0 bridgehead atoms. The van der Waals surface area contributed by atoms with Crippen molar-refractivity contribution < 1.29 is 5.73 Å². The number of nitrogens with zero attached hydrogens (tertiary/aromatic N) is 1. The Balaban J connectivity index is 3.47. The average molecular weight is 116 g/mol. The van der Waals surface area contributed by atoms with Crippen LogP contribution in [-0.2, 0) is 0 Å². The fourth-order valence-corrected chi connectivity index (χ4v) is 0.294. The third-order valence-electron chi connectivity index (χ3n) is 0.874. The highest BCUT2D eigenvalue weighted by Gasteiger charge is 1.94. The first-order valence-corrected chi connectivity index (χ1v) is 2.67. The molecule has 48 valence electrons. The molecular weight excluding hydrogens is 102 g/mol. The van der Waals surface area contributed by atoms with Crippen LogP contribution in [0, 0.1) is 0 Å². The van der Waals surface area contributed by atoms with Crippen LogP contribution in [0.15, 0.2) is 12.4 Å². The van der Waals surface area contributed by atoms with Gasteiger partial charge in [-0.3, -0.25) is 0 Å². The van der Waals surface area contributed by atoms with Crippen LogP contribution in [0.2, 0.25) is 0 Å². The van der Waals surface area contributed by atoms with Crippen LogP contribution in [0.3, 0.4) is 0 Å². The smallest absolute Gasteiger partial charge is 0.108 e. The molecular formula is C5H14N3+. The van der Waals surface area contributed by atoms with E-state index in [1.54, 1.807) is 17.4 Å². The summed E-state index contributed by atoms with van der Waals surface area (Å²) in [7, 11) is 0. The third-order valence-corrected chi connectivity index (χ3v) is 0.874. The molecule has 8 heavy (non-hydrogen) atoms. The highest BCUT2D eigenvalue weighted by molar-refractivity contribution is 4.70. The van der Waals surface area contributed by atoms with Crippen molar-refractivity contribution in [2.45, 2.75) is 19.9 Å². The van der Waals surface area contributed by atoms with Gasteiger partial charge in [0.2, 0.25) is 0 Å².